The fourth-order valence-electron chi connectivity index (χ4n) is 3.62. The maximum Gasteiger partial charge on any atom is 0.227 e. The quantitative estimate of drug-likeness (QED) is 0.753. The van der Waals surface area contributed by atoms with Gasteiger partial charge in [-0.25, -0.2) is 4.98 Å². The number of aromatic nitrogens is 4. The van der Waals surface area contributed by atoms with E-state index in [9.17, 15) is 4.79 Å². The van der Waals surface area contributed by atoms with Crippen molar-refractivity contribution in [2.24, 2.45) is 0 Å². The van der Waals surface area contributed by atoms with Crippen LogP contribution in [0.25, 0.3) is 11.5 Å². The maximum absolute atomic E-state index is 12.9. The number of methoxy groups -OCH3 is 1. The van der Waals surface area contributed by atoms with E-state index >= 15 is 0 Å². The van der Waals surface area contributed by atoms with E-state index in [0.717, 1.165) is 41.4 Å². The number of carbonyl (C=O) groups is 1. The van der Waals surface area contributed by atoms with Crippen molar-refractivity contribution in [1.82, 2.24) is 24.6 Å². The number of nitrogens with one attached hydrogen (secondary N) is 1. The second-order valence-electron chi connectivity index (χ2n) is 6.62. The highest BCUT2D eigenvalue weighted by molar-refractivity contribution is 5.79. The minimum atomic E-state index is 0.114. The standard InChI is InChI=1S/C20H23N5O2/c1-3-25-17-7-10-24(13-16(17)19(23-25)20-21-8-9-22-20)18(26)12-14-5-4-6-15(11-14)27-2/h4-6,8-9,11H,3,7,10,12-13H2,1-2H3,(H,21,22). The monoisotopic (exact) mass is 365 g/mol. The summed E-state index contributed by atoms with van der Waals surface area (Å²) in [6.07, 6.45) is 4.69. The minimum absolute atomic E-state index is 0.114. The van der Waals surface area contributed by atoms with Crippen LogP contribution >= 0.6 is 0 Å². The lowest BCUT2D eigenvalue weighted by Crippen LogP contribution is -2.37. The van der Waals surface area contributed by atoms with Gasteiger partial charge in [-0.1, -0.05) is 12.1 Å². The van der Waals surface area contributed by atoms with Crippen LogP contribution in [0.2, 0.25) is 0 Å². The highest BCUT2D eigenvalue weighted by Gasteiger charge is 2.28. The lowest BCUT2D eigenvalue weighted by atomic mass is 10.0. The van der Waals surface area contributed by atoms with E-state index in [1.165, 1.54) is 5.69 Å². The van der Waals surface area contributed by atoms with E-state index in [0.29, 0.717) is 19.5 Å². The molecule has 140 valence electrons. The third-order valence-electron chi connectivity index (χ3n) is 5.00. The van der Waals surface area contributed by atoms with Gasteiger partial charge in [-0.05, 0) is 24.6 Å². The molecule has 0 saturated carbocycles. The summed E-state index contributed by atoms with van der Waals surface area (Å²) in [5.41, 5.74) is 4.10. The topological polar surface area (TPSA) is 76.0 Å². The van der Waals surface area contributed by atoms with Gasteiger partial charge in [0.05, 0.1) is 13.5 Å². The number of amides is 1. The fourth-order valence-corrected chi connectivity index (χ4v) is 3.62. The predicted molar refractivity (Wildman–Crippen MR) is 101 cm³/mol. The Kier molecular flexibility index (Phi) is 4.66. The van der Waals surface area contributed by atoms with Crippen LogP contribution in [0.4, 0.5) is 0 Å². The molecule has 0 saturated heterocycles. The van der Waals surface area contributed by atoms with E-state index in [4.69, 9.17) is 9.84 Å². The van der Waals surface area contributed by atoms with Crippen LogP contribution in [0.3, 0.4) is 0 Å². The van der Waals surface area contributed by atoms with E-state index in [2.05, 4.69) is 16.9 Å². The highest BCUT2D eigenvalue weighted by Crippen LogP contribution is 2.28. The number of hydrogen-bond acceptors (Lipinski definition) is 4. The van der Waals surface area contributed by atoms with Crippen LogP contribution in [0.5, 0.6) is 5.75 Å². The van der Waals surface area contributed by atoms with Crippen LogP contribution < -0.4 is 4.74 Å². The molecule has 0 fully saturated rings. The van der Waals surface area contributed by atoms with Crippen molar-refractivity contribution in [1.29, 1.82) is 0 Å². The van der Waals surface area contributed by atoms with Crippen LogP contribution in [0, 0.1) is 0 Å². The van der Waals surface area contributed by atoms with E-state index < -0.39 is 0 Å². The number of ether oxygens (including phenoxy) is 1. The zero-order valence-corrected chi connectivity index (χ0v) is 15.6. The first kappa shape index (κ1) is 17.3. The van der Waals surface area contributed by atoms with Gasteiger partial charge in [0.25, 0.3) is 0 Å². The number of aromatic amines is 1. The summed E-state index contributed by atoms with van der Waals surface area (Å²) < 4.78 is 7.28. The molecule has 3 heterocycles. The lowest BCUT2D eigenvalue weighted by molar-refractivity contribution is -0.131. The molecule has 4 rings (SSSR count). The molecule has 0 atom stereocenters. The number of hydrogen-bond donors (Lipinski definition) is 1. The number of carbonyl (C=O) groups excluding carboxylic acids is 1. The van der Waals surface area contributed by atoms with Gasteiger partial charge in [0.1, 0.15) is 11.4 Å². The summed E-state index contributed by atoms with van der Waals surface area (Å²) in [5.74, 6) is 1.63. The average Bonchev–Trinajstić information content (AvgIpc) is 3.35. The lowest BCUT2D eigenvalue weighted by Gasteiger charge is -2.28. The molecule has 1 N–H and O–H groups in total. The van der Waals surface area contributed by atoms with Crippen molar-refractivity contribution in [3.63, 3.8) is 0 Å². The van der Waals surface area contributed by atoms with Gasteiger partial charge in [0, 0.05) is 49.7 Å². The van der Waals surface area contributed by atoms with E-state index in [1.54, 1.807) is 19.5 Å². The zero-order chi connectivity index (χ0) is 18.8. The van der Waals surface area contributed by atoms with Crippen LogP contribution in [-0.2, 0) is 30.7 Å². The van der Waals surface area contributed by atoms with Gasteiger partial charge in [-0.3, -0.25) is 9.48 Å². The molecule has 7 nitrogen and oxygen atoms in total. The summed E-state index contributed by atoms with van der Waals surface area (Å²) in [6.45, 7) is 4.16. The normalized spacial score (nSPS) is 13.5. The second kappa shape index (κ2) is 7.26. The van der Waals surface area contributed by atoms with Gasteiger partial charge < -0.3 is 14.6 Å². The number of aryl methyl sites for hydroxylation is 1. The molecule has 1 aliphatic heterocycles. The third kappa shape index (κ3) is 3.32. The fraction of sp³-hybridized carbons (Fsp3) is 0.350. The summed E-state index contributed by atoms with van der Waals surface area (Å²) in [5, 5.41) is 4.72. The largest absolute Gasteiger partial charge is 0.497 e. The molecule has 2 aromatic heterocycles. The number of fused-ring (bicyclic) bond motifs is 1. The summed E-state index contributed by atoms with van der Waals surface area (Å²) >= 11 is 0. The Labute approximate surface area is 158 Å². The molecule has 27 heavy (non-hydrogen) atoms. The van der Waals surface area contributed by atoms with Gasteiger partial charge in [-0.2, -0.15) is 5.10 Å². The average molecular weight is 365 g/mol. The van der Waals surface area contributed by atoms with Crippen molar-refractivity contribution < 1.29 is 9.53 Å². The maximum atomic E-state index is 12.9. The third-order valence-corrected chi connectivity index (χ3v) is 5.00. The van der Waals surface area contributed by atoms with Crippen LogP contribution in [0.15, 0.2) is 36.7 Å². The van der Waals surface area contributed by atoms with Crippen molar-refractivity contribution in [2.45, 2.75) is 32.9 Å². The second-order valence-corrected chi connectivity index (χ2v) is 6.62. The molecule has 0 aliphatic carbocycles. The molecule has 0 unspecified atom stereocenters. The molecule has 3 aromatic rings. The Morgan fingerprint density at radius 3 is 3.00 bits per heavy atom. The first-order valence-corrected chi connectivity index (χ1v) is 9.18. The van der Waals surface area contributed by atoms with Crippen molar-refractivity contribution >= 4 is 5.91 Å². The number of rotatable bonds is 5. The molecule has 1 aromatic carbocycles. The summed E-state index contributed by atoms with van der Waals surface area (Å²) in [7, 11) is 1.63. The Morgan fingerprint density at radius 2 is 2.26 bits per heavy atom. The SMILES string of the molecule is CCn1nc(-c2ncc[nH]2)c2c1CCN(C(=O)Cc1cccc(OC)c1)C2. The van der Waals surface area contributed by atoms with Gasteiger partial charge >= 0.3 is 0 Å². The van der Waals surface area contributed by atoms with Gasteiger partial charge in [-0.15, -0.1) is 0 Å². The zero-order valence-electron chi connectivity index (χ0n) is 15.6. The van der Waals surface area contributed by atoms with Gasteiger partial charge in [0.2, 0.25) is 5.91 Å². The molecule has 0 radical (unpaired) electrons. The van der Waals surface area contributed by atoms with E-state index in [1.807, 2.05) is 33.8 Å². The molecule has 0 spiro atoms. The number of benzene rings is 1. The molecule has 1 amide bonds. The molecular formula is C20H23N5O2. The first-order valence-electron chi connectivity index (χ1n) is 9.18. The van der Waals surface area contributed by atoms with Gasteiger partial charge in [0.15, 0.2) is 5.82 Å². The molecule has 0 bridgehead atoms. The predicted octanol–water partition coefficient (Wildman–Crippen LogP) is 2.43. The minimum Gasteiger partial charge on any atom is -0.497 e. The first-order chi connectivity index (χ1) is 13.2. The molecule has 7 heteroatoms. The Morgan fingerprint density at radius 1 is 1.37 bits per heavy atom. The highest BCUT2D eigenvalue weighted by atomic mass is 16.5. The Balaban J connectivity index is 1.57. The van der Waals surface area contributed by atoms with Crippen molar-refractivity contribution in [3.05, 3.63) is 53.5 Å². The van der Waals surface area contributed by atoms with Crippen LogP contribution in [-0.4, -0.2) is 44.2 Å². The molecule has 1 aliphatic rings. The summed E-state index contributed by atoms with van der Waals surface area (Å²) in [6, 6.07) is 7.67. The Bertz CT molecular complexity index is 945. The van der Waals surface area contributed by atoms with Crippen molar-refractivity contribution in [3.8, 4) is 17.3 Å². The number of nitrogens with zero attached hydrogens (tertiary/aromatic N) is 4. The smallest absolute Gasteiger partial charge is 0.227 e. The molecular weight excluding hydrogens is 342 g/mol. The Hall–Kier alpha value is -3.09. The number of H-pyrrole nitrogens is 1. The number of imidazole rings is 1. The van der Waals surface area contributed by atoms with E-state index in [-0.39, 0.29) is 5.91 Å². The summed E-state index contributed by atoms with van der Waals surface area (Å²) in [4.78, 5) is 22.3. The van der Waals surface area contributed by atoms with Crippen molar-refractivity contribution in [2.75, 3.05) is 13.7 Å². The van der Waals surface area contributed by atoms with Crippen LogP contribution in [0.1, 0.15) is 23.7 Å².